The standard InChI is InChI=1S/C15H18N4OS/c1-19(2)9-4-8-17-15-13(11-16)18-14(20-15)7-6-12-5-3-10-21-12/h3,5-7,10,17H,4,8-9H2,1-2H3. The maximum atomic E-state index is 9.09. The lowest BCUT2D eigenvalue weighted by atomic mass is 10.4. The van der Waals surface area contributed by atoms with E-state index < -0.39 is 0 Å². The lowest BCUT2D eigenvalue weighted by Gasteiger charge is -2.08. The van der Waals surface area contributed by atoms with Gasteiger partial charge in [0.05, 0.1) is 0 Å². The van der Waals surface area contributed by atoms with Crippen LogP contribution in [0.15, 0.2) is 21.9 Å². The van der Waals surface area contributed by atoms with Crippen molar-refractivity contribution in [3.63, 3.8) is 0 Å². The summed E-state index contributed by atoms with van der Waals surface area (Å²) in [6.07, 6.45) is 4.67. The first-order chi connectivity index (χ1) is 10.2. The van der Waals surface area contributed by atoms with Crippen LogP contribution in [-0.4, -0.2) is 37.1 Å². The highest BCUT2D eigenvalue weighted by Crippen LogP contribution is 2.19. The van der Waals surface area contributed by atoms with Crippen LogP contribution in [0.25, 0.3) is 12.2 Å². The molecule has 0 bridgehead atoms. The summed E-state index contributed by atoms with van der Waals surface area (Å²) in [5, 5.41) is 14.2. The van der Waals surface area contributed by atoms with Gasteiger partial charge in [-0.1, -0.05) is 6.07 Å². The Hall–Kier alpha value is -2.10. The summed E-state index contributed by atoms with van der Waals surface area (Å²) in [5.74, 6) is 0.886. The molecule has 0 aliphatic carbocycles. The van der Waals surface area contributed by atoms with Gasteiger partial charge >= 0.3 is 0 Å². The van der Waals surface area contributed by atoms with Gasteiger partial charge in [0, 0.05) is 17.5 Å². The van der Waals surface area contributed by atoms with E-state index in [-0.39, 0.29) is 0 Å². The van der Waals surface area contributed by atoms with Crippen LogP contribution in [0.1, 0.15) is 22.9 Å². The number of anilines is 1. The van der Waals surface area contributed by atoms with Gasteiger partial charge in [-0.05, 0) is 44.6 Å². The SMILES string of the molecule is CN(C)CCCNc1oc(C=Cc2cccs2)nc1C#N. The first-order valence-electron chi connectivity index (χ1n) is 6.70. The molecule has 0 fully saturated rings. The molecule has 0 aromatic carbocycles. The van der Waals surface area contributed by atoms with Crippen molar-refractivity contribution in [1.82, 2.24) is 9.88 Å². The predicted octanol–water partition coefficient (Wildman–Crippen LogP) is 3.14. The first-order valence-corrected chi connectivity index (χ1v) is 7.58. The Morgan fingerprint density at radius 3 is 3.00 bits per heavy atom. The topological polar surface area (TPSA) is 65.1 Å². The van der Waals surface area contributed by atoms with Crippen LogP contribution in [0.5, 0.6) is 0 Å². The molecule has 1 N–H and O–H groups in total. The second-order valence-corrected chi connectivity index (χ2v) is 5.75. The molecule has 5 nitrogen and oxygen atoms in total. The largest absolute Gasteiger partial charge is 0.420 e. The van der Waals surface area contributed by atoms with E-state index in [0.717, 1.165) is 24.4 Å². The van der Waals surface area contributed by atoms with Crippen LogP contribution in [0.3, 0.4) is 0 Å². The number of nitriles is 1. The van der Waals surface area contributed by atoms with Gasteiger partial charge in [-0.25, -0.2) is 0 Å². The van der Waals surface area contributed by atoms with Crippen molar-refractivity contribution in [2.24, 2.45) is 0 Å². The minimum atomic E-state index is 0.297. The highest BCUT2D eigenvalue weighted by atomic mass is 32.1. The number of thiophene rings is 1. The van der Waals surface area contributed by atoms with Crippen molar-refractivity contribution in [2.45, 2.75) is 6.42 Å². The van der Waals surface area contributed by atoms with E-state index in [4.69, 9.17) is 9.68 Å². The quantitative estimate of drug-likeness (QED) is 0.796. The number of nitrogens with zero attached hydrogens (tertiary/aromatic N) is 3. The summed E-state index contributed by atoms with van der Waals surface area (Å²) in [5.41, 5.74) is 0.297. The Kier molecular flexibility index (Phi) is 5.55. The molecule has 2 aromatic rings. The smallest absolute Gasteiger partial charge is 0.232 e. The molecule has 6 heteroatoms. The number of oxazole rings is 1. The lowest BCUT2D eigenvalue weighted by Crippen LogP contribution is -2.16. The zero-order valence-electron chi connectivity index (χ0n) is 12.2. The molecular formula is C15H18N4OS. The van der Waals surface area contributed by atoms with E-state index in [2.05, 4.69) is 15.2 Å². The molecular weight excluding hydrogens is 284 g/mol. The third-order valence-corrected chi connectivity index (χ3v) is 3.59. The molecule has 0 aliphatic heterocycles. The molecule has 0 saturated carbocycles. The van der Waals surface area contributed by atoms with Crippen LogP contribution >= 0.6 is 11.3 Å². The zero-order chi connectivity index (χ0) is 15.1. The Labute approximate surface area is 128 Å². The van der Waals surface area contributed by atoms with Crippen LogP contribution in [0.4, 0.5) is 5.88 Å². The highest BCUT2D eigenvalue weighted by molar-refractivity contribution is 7.10. The molecule has 2 rings (SSSR count). The molecule has 0 amide bonds. The Bertz CT molecular complexity index is 623. The summed E-state index contributed by atoms with van der Waals surface area (Å²) in [6.45, 7) is 1.73. The molecule has 110 valence electrons. The summed E-state index contributed by atoms with van der Waals surface area (Å²) in [7, 11) is 4.06. The number of hydrogen-bond donors (Lipinski definition) is 1. The molecule has 21 heavy (non-hydrogen) atoms. The first kappa shape index (κ1) is 15.3. The van der Waals surface area contributed by atoms with E-state index >= 15 is 0 Å². The normalized spacial score (nSPS) is 11.1. The van der Waals surface area contributed by atoms with E-state index in [1.807, 2.05) is 43.8 Å². The van der Waals surface area contributed by atoms with Crippen molar-refractivity contribution in [3.05, 3.63) is 34.0 Å². The Morgan fingerprint density at radius 2 is 2.33 bits per heavy atom. The molecule has 0 spiro atoms. The van der Waals surface area contributed by atoms with Gasteiger partial charge in [-0.3, -0.25) is 0 Å². The van der Waals surface area contributed by atoms with E-state index in [1.165, 1.54) is 0 Å². The molecule has 2 aromatic heterocycles. The molecule has 0 radical (unpaired) electrons. The third kappa shape index (κ3) is 4.74. The number of aromatic nitrogens is 1. The van der Waals surface area contributed by atoms with Crippen molar-refractivity contribution in [2.75, 3.05) is 32.5 Å². The van der Waals surface area contributed by atoms with Gasteiger partial charge < -0.3 is 14.6 Å². The van der Waals surface area contributed by atoms with Crippen LogP contribution in [0, 0.1) is 11.3 Å². The van der Waals surface area contributed by atoms with Crippen molar-refractivity contribution in [1.29, 1.82) is 5.26 Å². The van der Waals surface area contributed by atoms with Gasteiger partial charge in [-0.2, -0.15) is 10.2 Å². The molecule has 0 unspecified atom stereocenters. The van der Waals surface area contributed by atoms with Gasteiger partial charge in [-0.15, -0.1) is 11.3 Å². The predicted molar refractivity (Wildman–Crippen MR) is 86.1 cm³/mol. The monoisotopic (exact) mass is 302 g/mol. The van der Waals surface area contributed by atoms with Gasteiger partial charge in [0.2, 0.25) is 17.5 Å². The maximum Gasteiger partial charge on any atom is 0.232 e. The third-order valence-electron chi connectivity index (χ3n) is 2.75. The molecule has 0 aliphatic rings. The van der Waals surface area contributed by atoms with Gasteiger partial charge in [0.15, 0.2) is 0 Å². The van der Waals surface area contributed by atoms with Gasteiger partial charge in [0.1, 0.15) is 6.07 Å². The van der Waals surface area contributed by atoms with E-state index in [9.17, 15) is 0 Å². The van der Waals surface area contributed by atoms with Crippen molar-refractivity contribution >= 4 is 29.4 Å². The Morgan fingerprint density at radius 1 is 1.48 bits per heavy atom. The number of hydrogen-bond acceptors (Lipinski definition) is 6. The minimum Gasteiger partial charge on any atom is -0.420 e. The maximum absolute atomic E-state index is 9.09. The van der Waals surface area contributed by atoms with Crippen molar-refractivity contribution in [3.8, 4) is 6.07 Å². The zero-order valence-corrected chi connectivity index (χ0v) is 13.0. The van der Waals surface area contributed by atoms with E-state index in [1.54, 1.807) is 17.4 Å². The summed E-state index contributed by atoms with van der Waals surface area (Å²) in [6, 6.07) is 6.04. The van der Waals surface area contributed by atoms with Crippen LogP contribution in [-0.2, 0) is 0 Å². The number of nitrogens with one attached hydrogen (secondary N) is 1. The highest BCUT2D eigenvalue weighted by Gasteiger charge is 2.10. The minimum absolute atomic E-state index is 0.297. The van der Waals surface area contributed by atoms with Gasteiger partial charge in [0.25, 0.3) is 0 Å². The molecule has 0 saturated heterocycles. The average Bonchev–Trinajstić information content (AvgIpc) is 3.10. The van der Waals surface area contributed by atoms with E-state index in [0.29, 0.717) is 17.5 Å². The lowest BCUT2D eigenvalue weighted by molar-refractivity contribution is 0.404. The van der Waals surface area contributed by atoms with Crippen LogP contribution in [0.2, 0.25) is 0 Å². The second-order valence-electron chi connectivity index (χ2n) is 4.77. The summed E-state index contributed by atoms with van der Waals surface area (Å²) >= 11 is 1.64. The fraction of sp³-hybridized carbons (Fsp3) is 0.333. The second kappa shape index (κ2) is 7.62. The molecule has 0 atom stereocenters. The average molecular weight is 302 g/mol. The Balaban J connectivity index is 1.97. The molecule has 2 heterocycles. The van der Waals surface area contributed by atoms with Crippen molar-refractivity contribution < 1.29 is 4.42 Å². The number of rotatable bonds is 7. The summed E-state index contributed by atoms with van der Waals surface area (Å²) in [4.78, 5) is 7.39. The van der Waals surface area contributed by atoms with Crippen LogP contribution < -0.4 is 5.32 Å². The fourth-order valence-electron chi connectivity index (χ4n) is 1.74. The summed E-state index contributed by atoms with van der Waals surface area (Å²) < 4.78 is 5.57. The fourth-order valence-corrected chi connectivity index (χ4v) is 2.36.